The lowest BCUT2D eigenvalue weighted by Gasteiger charge is -2.06. The van der Waals surface area contributed by atoms with Crippen LogP contribution in [-0.4, -0.2) is 0 Å². The van der Waals surface area contributed by atoms with Gasteiger partial charge in [0.1, 0.15) is 0 Å². The molecule has 1 atom stereocenters. The predicted octanol–water partition coefficient (Wildman–Crippen LogP) is 2.84. The van der Waals surface area contributed by atoms with E-state index in [-0.39, 0.29) is 0 Å². The molecule has 0 heterocycles. The van der Waals surface area contributed by atoms with Gasteiger partial charge in [-0.15, -0.1) is 0 Å². The van der Waals surface area contributed by atoms with Crippen LogP contribution in [0.5, 0.6) is 0 Å². The van der Waals surface area contributed by atoms with Crippen molar-refractivity contribution in [2.24, 2.45) is 11.7 Å². The first-order valence-corrected chi connectivity index (χ1v) is 4.24. The summed E-state index contributed by atoms with van der Waals surface area (Å²) in [4.78, 5) is 0. The fourth-order valence-corrected chi connectivity index (χ4v) is 0.982. The molecule has 0 aliphatic heterocycles. The average Bonchev–Trinajstić information content (AvgIpc) is 2.00. The van der Waals surface area contributed by atoms with Gasteiger partial charge in [0, 0.05) is 0 Å². The predicted molar refractivity (Wildman–Crippen MR) is 51.2 cm³/mol. The van der Waals surface area contributed by atoms with E-state index in [9.17, 15) is 0 Å². The molecule has 0 amide bonds. The van der Waals surface area contributed by atoms with Gasteiger partial charge < -0.3 is 5.73 Å². The van der Waals surface area contributed by atoms with E-state index < -0.39 is 0 Å². The lowest BCUT2D eigenvalue weighted by molar-refractivity contribution is 0.557. The van der Waals surface area contributed by atoms with Crippen molar-refractivity contribution in [3.05, 3.63) is 23.9 Å². The number of hydrogen-bond donors (Lipinski definition) is 1. The van der Waals surface area contributed by atoms with Crippen LogP contribution in [0.4, 0.5) is 0 Å². The largest absolute Gasteiger partial charge is 0.405 e. The molecule has 0 radical (unpaired) electrons. The van der Waals surface area contributed by atoms with Crippen LogP contribution in [0, 0.1) is 5.92 Å². The monoisotopic (exact) mass is 153 g/mol. The van der Waals surface area contributed by atoms with Gasteiger partial charge in [-0.2, -0.15) is 0 Å². The van der Waals surface area contributed by atoms with Crippen LogP contribution in [0.15, 0.2) is 23.9 Å². The minimum absolute atomic E-state index is 0.789. The molecule has 0 fully saturated rings. The molecular formula is C10H19N. The topological polar surface area (TPSA) is 26.0 Å². The SMILES string of the molecule is CCC(C)C/C(C)=C\C=C/N. The normalized spacial score (nSPS) is 15.7. The van der Waals surface area contributed by atoms with Gasteiger partial charge in [-0.05, 0) is 31.5 Å². The van der Waals surface area contributed by atoms with Gasteiger partial charge in [-0.25, -0.2) is 0 Å². The Hall–Kier alpha value is -0.720. The summed E-state index contributed by atoms with van der Waals surface area (Å²) in [5.74, 6) is 0.789. The smallest absolute Gasteiger partial charge is 0.00624 e. The van der Waals surface area contributed by atoms with E-state index >= 15 is 0 Å². The van der Waals surface area contributed by atoms with Gasteiger partial charge in [0.25, 0.3) is 0 Å². The molecule has 0 aliphatic carbocycles. The molecule has 0 bridgehead atoms. The van der Waals surface area contributed by atoms with Crippen molar-refractivity contribution >= 4 is 0 Å². The average molecular weight is 153 g/mol. The summed E-state index contributed by atoms with van der Waals surface area (Å²) >= 11 is 0. The highest BCUT2D eigenvalue weighted by Crippen LogP contribution is 2.13. The van der Waals surface area contributed by atoms with Crippen LogP contribution in [0.1, 0.15) is 33.6 Å². The maximum atomic E-state index is 5.21. The molecule has 1 heteroatoms. The van der Waals surface area contributed by atoms with Crippen molar-refractivity contribution in [2.75, 3.05) is 0 Å². The second-order valence-corrected chi connectivity index (χ2v) is 3.12. The highest BCUT2D eigenvalue weighted by molar-refractivity contribution is 5.09. The molecule has 0 saturated carbocycles. The maximum Gasteiger partial charge on any atom is -0.00624 e. The molecule has 0 spiro atoms. The Labute approximate surface area is 70.0 Å². The summed E-state index contributed by atoms with van der Waals surface area (Å²) in [5.41, 5.74) is 6.62. The molecule has 0 rings (SSSR count). The minimum Gasteiger partial charge on any atom is -0.405 e. The molecule has 2 N–H and O–H groups in total. The zero-order valence-corrected chi connectivity index (χ0v) is 7.80. The fraction of sp³-hybridized carbons (Fsp3) is 0.600. The van der Waals surface area contributed by atoms with Crippen molar-refractivity contribution < 1.29 is 0 Å². The second kappa shape index (κ2) is 6.02. The van der Waals surface area contributed by atoms with E-state index in [1.165, 1.54) is 18.4 Å². The summed E-state index contributed by atoms with van der Waals surface area (Å²) in [6.45, 7) is 6.63. The Morgan fingerprint density at radius 2 is 2.18 bits per heavy atom. The number of hydrogen-bond acceptors (Lipinski definition) is 1. The summed E-state index contributed by atoms with van der Waals surface area (Å²) in [7, 11) is 0. The second-order valence-electron chi connectivity index (χ2n) is 3.12. The summed E-state index contributed by atoms with van der Waals surface area (Å²) < 4.78 is 0. The van der Waals surface area contributed by atoms with Gasteiger partial charge >= 0.3 is 0 Å². The summed E-state index contributed by atoms with van der Waals surface area (Å²) in [5, 5.41) is 0. The Morgan fingerprint density at radius 1 is 1.55 bits per heavy atom. The minimum atomic E-state index is 0.789. The zero-order valence-electron chi connectivity index (χ0n) is 7.80. The van der Waals surface area contributed by atoms with Crippen LogP contribution < -0.4 is 5.73 Å². The molecule has 64 valence electrons. The fourth-order valence-electron chi connectivity index (χ4n) is 0.982. The van der Waals surface area contributed by atoms with Crippen LogP contribution in [-0.2, 0) is 0 Å². The van der Waals surface area contributed by atoms with E-state index in [0.29, 0.717) is 0 Å². The van der Waals surface area contributed by atoms with Crippen molar-refractivity contribution in [3.8, 4) is 0 Å². The molecule has 0 aliphatic rings. The molecule has 11 heavy (non-hydrogen) atoms. The van der Waals surface area contributed by atoms with Crippen molar-refractivity contribution in [2.45, 2.75) is 33.6 Å². The van der Waals surface area contributed by atoms with Gasteiger partial charge in [0.15, 0.2) is 0 Å². The van der Waals surface area contributed by atoms with E-state index in [0.717, 1.165) is 5.92 Å². The van der Waals surface area contributed by atoms with E-state index in [2.05, 4.69) is 26.8 Å². The lowest BCUT2D eigenvalue weighted by atomic mass is 10.00. The molecular weight excluding hydrogens is 134 g/mol. The van der Waals surface area contributed by atoms with Crippen LogP contribution in [0.2, 0.25) is 0 Å². The van der Waals surface area contributed by atoms with Gasteiger partial charge in [-0.3, -0.25) is 0 Å². The van der Waals surface area contributed by atoms with Crippen molar-refractivity contribution in [1.29, 1.82) is 0 Å². The Morgan fingerprint density at radius 3 is 2.64 bits per heavy atom. The molecule has 0 saturated heterocycles. The highest BCUT2D eigenvalue weighted by Gasteiger charge is 1.97. The van der Waals surface area contributed by atoms with Gasteiger partial charge in [0.05, 0.1) is 0 Å². The quantitative estimate of drug-likeness (QED) is 0.617. The maximum absolute atomic E-state index is 5.21. The highest BCUT2D eigenvalue weighted by atomic mass is 14.5. The number of allylic oxidation sites excluding steroid dienone is 3. The number of rotatable bonds is 4. The van der Waals surface area contributed by atoms with Crippen LogP contribution in [0.3, 0.4) is 0 Å². The molecule has 0 aromatic carbocycles. The third-order valence-electron chi connectivity index (χ3n) is 1.86. The Bertz CT molecular complexity index is 145. The number of nitrogens with two attached hydrogens (primary N) is 1. The summed E-state index contributed by atoms with van der Waals surface area (Å²) in [6.07, 6.45) is 7.96. The molecule has 0 aromatic heterocycles. The molecule has 1 unspecified atom stereocenters. The first-order chi connectivity index (χ1) is 5.20. The zero-order chi connectivity index (χ0) is 8.69. The van der Waals surface area contributed by atoms with E-state index in [4.69, 9.17) is 5.73 Å². The summed E-state index contributed by atoms with van der Waals surface area (Å²) in [6, 6.07) is 0. The third kappa shape index (κ3) is 5.71. The molecule has 0 aromatic rings. The van der Waals surface area contributed by atoms with E-state index in [1.807, 2.05) is 6.08 Å². The van der Waals surface area contributed by atoms with Gasteiger partial charge in [0.2, 0.25) is 0 Å². The third-order valence-corrected chi connectivity index (χ3v) is 1.86. The van der Waals surface area contributed by atoms with Crippen LogP contribution >= 0.6 is 0 Å². The Kier molecular flexibility index (Phi) is 5.63. The first kappa shape index (κ1) is 10.3. The van der Waals surface area contributed by atoms with Crippen LogP contribution in [0.25, 0.3) is 0 Å². The van der Waals surface area contributed by atoms with Gasteiger partial charge in [-0.1, -0.05) is 31.9 Å². The molecule has 1 nitrogen and oxygen atoms in total. The van der Waals surface area contributed by atoms with Crippen molar-refractivity contribution in [3.63, 3.8) is 0 Å². The standard InChI is InChI=1S/C10H19N/c1-4-9(2)8-10(3)6-5-7-11/h5-7,9H,4,8,11H2,1-3H3/b7-5-,10-6-. The lowest BCUT2D eigenvalue weighted by Crippen LogP contribution is -1.92. The first-order valence-electron chi connectivity index (χ1n) is 4.24. The Balaban J connectivity index is 3.75. The van der Waals surface area contributed by atoms with Crippen molar-refractivity contribution in [1.82, 2.24) is 0 Å². The van der Waals surface area contributed by atoms with E-state index in [1.54, 1.807) is 6.20 Å².